The van der Waals surface area contributed by atoms with E-state index in [1.807, 2.05) is 30.3 Å². The number of hydrogen-bond donors (Lipinski definition) is 1. The second-order valence-electron chi connectivity index (χ2n) is 5.49. The Morgan fingerprint density at radius 3 is 2.11 bits per heavy atom. The van der Waals surface area contributed by atoms with Crippen LogP contribution in [0.2, 0.25) is 0 Å². The lowest BCUT2D eigenvalue weighted by atomic mass is 9.85. The minimum Gasteiger partial charge on any atom is -0.289 e. The zero-order chi connectivity index (χ0) is 13.0. The van der Waals surface area contributed by atoms with E-state index in [0.717, 1.165) is 12.1 Å². The minimum absolute atomic E-state index is 0.0734. The van der Waals surface area contributed by atoms with E-state index in [9.17, 15) is 9.59 Å². The Morgan fingerprint density at radius 1 is 0.947 bits per heavy atom. The maximum Gasteiger partial charge on any atom is 0.252 e. The number of para-hydroxylation sites is 1. The summed E-state index contributed by atoms with van der Waals surface area (Å²) in [5.74, 6) is 0.0897. The van der Waals surface area contributed by atoms with Gasteiger partial charge in [-0.1, -0.05) is 30.4 Å². The highest BCUT2D eigenvalue weighted by atomic mass is 16.2. The van der Waals surface area contributed by atoms with Crippen molar-refractivity contribution in [1.29, 1.82) is 0 Å². The van der Waals surface area contributed by atoms with Gasteiger partial charge in [0.25, 0.3) is 11.8 Å². The van der Waals surface area contributed by atoms with Crippen molar-refractivity contribution in [2.45, 2.75) is 6.42 Å². The molecule has 1 saturated carbocycles. The molecule has 2 fully saturated rings. The van der Waals surface area contributed by atoms with Gasteiger partial charge in [-0.3, -0.25) is 15.0 Å². The number of imide groups is 1. The molecular formula is C15H14N2O2. The average molecular weight is 254 g/mol. The smallest absolute Gasteiger partial charge is 0.252 e. The van der Waals surface area contributed by atoms with E-state index < -0.39 is 0 Å². The van der Waals surface area contributed by atoms with Crippen LogP contribution in [0.4, 0.5) is 5.69 Å². The summed E-state index contributed by atoms with van der Waals surface area (Å²) in [4.78, 5) is 24.8. The average Bonchev–Trinajstić information content (AvgIpc) is 3.10. The van der Waals surface area contributed by atoms with Gasteiger partial charge in [0.05, 0.1) is 17.5 Å². The van der Waals surface area contributed by atoms with E-state index in [4.69, 9.17) is 0 Å². The van der Waals surface area contributed by atoms with Crippen LogP contribution in [-0.2, 0) is 9.59 Å². The first-order valence-electron chi connectivity index (χ1n) is 6.63. The summed E-state index contributed by atoms with van der Waals surface area (Å²) in [6, 6.07) is 9.35. The highest BCUT2D eigenvalue weighted by molar-refractivity contribution is 6.07. The third-order valence-corrected chi connectivity index (χ3v) is 4.49. The van der Waals surface area contributed by atoms with Crippen LogP contribution in [0.15, 0.2) is 42.5 Å². The first-order valence-corrected chi connectivity index (χ1v) is 6.63. The highest BCUT2D eigenvalue weighted by Crippen LogP contribution is 2.52. The van der Waals surface area contributed by atoms with Gasteiger partial charge < -0.3 is 0 Å². The molecule has 2 bridgehead atoms. The summed E-state index contributed by atoms with van der Waals surface area (Å²) in [5.41, 5.74) is 3.71. The number of fused-ring (bicyclic) bond motifs is 5. The fourth-order valence-electron chi connectivity index (χ4n) is 3.65. The summed E-state index contributed by atoms with van der Waals surface area (Å²) in [7, 11) is 0. The van der Waals surface area contributed by atoms with Gasteiger partial charge in [-0.2, -0.15) is 5.01 Å². The molecule has 19 heavy (non-hydrogen) atoms. The van der Waals surface area contributed by atoms with E-state index in [2.05, 4.69) is 17.6 Å². The zero-order valence-electron chi connectivity index (χ0n) is 10.3. The van der Waals surface area contributed by atoms with Gasteiger partial charge in [0.1, 0.15) is 0 Å². The van der Waals surface area contributed by atoms with E-state index in [0.29, 0.717) is 0 Å². The first-order chi connectivity index (χ1) is 9.25. The molecule has 4 nitrogen and oxygen atoms in total. The molecule has 0 aromatic heterocycles. The van der Waals surface area contributed by atoms with Gasteiger partial charge >= 0.3 is 0 Å². The first kappa shape index (κ1) is 10.8. The largest absolute Gasteiger partial charge is 0.289 e. The molecule has 0 spiro atoms. The van der Waals surface area contributed by atoms with Crippen LogP contribution in [0.3, 0.4) is 0 Å². The second kappa shape index (κ2) is 3.70. The number of hydrogen-bond acceptors (Lipinski definition) is 3. The van der Waals surface area contributed by atoms with Crippen LogP contribution in [0.5, 0.6) is 0 Å². The van der Waals surface area contributed by atoms with Crippen LogP contribution in [0.1, 0.15) is 6.42 Å². The normalized spacial score (nSPS) is 35.1. The molecule has 96 valence electrons. The number of nitrogens with zero attached hydrogens (tertiary/aromatic N) is 1. The van der Waals surface area contributed by atoms with Crippen molar-refractivity contribution in [3.05, 3.63) is 42.5 Å². The van der Waals surface area contributed by atoms with Crippen LogP contribution in [-0.4, -0.2) is 16.8 Å². The number of nitrogens with one attached hydrogen (secondary N) is 1. The molecule has 4 rings (SSSR count). The van der Waals surface area contributed by atoms with E-state index in [-0.39, 0.29) is 35.5 Å². The van der Waals surface area contributed by atoms with Crippen molar-refractivity contribution in [3.8, 4) is 0 Å². The molecule has 1 saturated heterocycles. The standard InChI is InChI=1S/C15H14N2O2/c18-14-12-9-6-7-10(8-9)13(12)15(19)17(14)16-11-4-2-1-3-5-11/h1-7,9-10,12-13,16H,8H2/t9-,10-,12-,13-/m1/s1. The number of hydrazine groups is 1. The molecule has 1 aliphatic heterocycles. The van der Waals surface area contributed by atoms with Crippen molar-refractivity contribution in [1.82, 2.24) is 5.01 Å². The Morgan fingerprint density at radius 2 is 1.53 bits per heavy atom. The number of carbonyl (C=O) groups is 2. The lowest BCUT2D eigenvalue weighted by Crippen LogP contribution is -2.37. The number of anilines is 1. The van der Waals surface area contributed by atoms with E-state index >= 15 is 0 Å². The molecule has 1 heterocycles. The fourth-order valence-corrected chi connectivity index (χ4v) is 3.65. The predicted octanol–water partition coefficient (Wildman–Crippen LogP) is 1.82. The molecular weight excluding hydrogens is 240 g/mol. The maximum absolute atomic E-state index is 12.4. The lowest BCUT2D eigenvalue weighted by molar-refractivity contribution is -0.139. The topological polar surface area (TPSA) is 49.4 Å². The fraction of sp³-hybridized carbons (Fsp3) is 0.333. The second-order valence-corrected chi connectivity index (χ2v) is 5.49. The molecule has 4 heteroatoms. The van der Waals surface area contributed by atoms with Gasteiger partial charge in [-0.25, -0.2) is 0 Å². The minimum atomic E-state index is -0.140. The predicted molar refractivity (Wildman–Crippen MR) is 69.6 cm³/mol. The molecule has 1 aromatic carbocycles. The Bertz CT molecular complexity index is 551. The zero-order valence-corrected chi connectivity index (χ0v) is 10.3. The lowest BCUT2D eigenvalue weighted by Gasteiger charge is -2.19. The van der Waals surface area contributed by atoms with Crippen LogP contribution in [0.25, 0.3) is 0 Å². The molecule has 4 atom stereocenters. The van der Waals surface area contributed by atoms with Gasteiger partial charge in [0.15, 0.2) is 0 Å². The van der Waals surface area contributed by atoms with Gasteiger partial charge in [0, 0.05) is 0 Å². The Labute approximate surface area is 111 Å². The summed E-state index contributed by atoms with van der Waals surface area (Å²) in [6.45, 7) is 0. The molecule has 0 unspecified atom stereocenters. The summed E-state index contributed by atoms with van der Waals surface area (Å²) in [6.07, 6.45) is 5.16. The Kier molecular flexibility index (Phi) is 2.10. The molecule has 0 radical (unpaired) electrons. The van der Waals surface area contributed by atoms with Crippen molar-refractivity contribution in [2.75, 3.05) is 5.43 Å². The third kappa shape index (κ3) is 1.40. The summed E-state index contributed by atoms with van der Waals surface area (Å²) in [5, 5.41) is 1.22. The van der Waals surface area contributed by atoms with E-state index in [1.54, 1.807) is 0 Å². The summed E-state index contributed by atoms with van der Waals surface area (Å²) >= 11 is 0. The SMILES string of the molecule is O=C1[C@H]2[C@H](C(=O)N1Nc1ccccc1)[C@@H]1C=C[C@@H]2C1. The van der Waals surface area contributed by atoms with Crippen molar-refractivity contribution in [2.24, 2.45) is 23.7 Å². The third-order valence-electron chi connectivity index (χ3n) is 4.49. The van der Waals surface area contributed by atoms with Crippen LogP contribution in [0, 0.1) is 23.7 Å². The number of benzene rings is 1. The number of amides is 2. The quantitative estimate of drug-likeness (QED) is 0.647. The van der Waals surface area contributed by atoms with Crippen molar-refractivity contribution >= 4 is 17.5 Å². The monoisotopic (exact) mass is 254 g/mol. The molecule has 2 aliphatic carbocycles. The number of carbonyl (C=O) groups excluding carboxylic acids is 2. The number of rotatable bonds is 2. The van der Waals surface area contributed by atoms with Gasteiger partial charge in [-0.05, 0) is 30.4 Å². The van der Waals surface area contributed by atoms with Crippen molar-refractivity contribution < 1.29 is 9.59 Å². The Balaban J connectivity index is 1.62. The molecule has 3 aliphatic rings. The van der Waals surface area contributed by atoms with Gasteiger partial charge in [0.2, 0.25) is 0 Å². The summed E-state index contributed by atoms with van der Waals surface area (Å²) < 4.78 is 0. The maximum atomic E-state index is 12.4. The Hall–Kier alpha value is -2.10. The molecule has 2 amide bonds. The van der Waals surface area contributed by atoms with E-state index in [1.165, 1.54) is 5.01 Å². The van der Waals surface area contributed by atoms with Crippen LogP contribution < -0.4 is 5.43 Å². The highest BCUT2D eigenvalue weighted by Gasteiger charge is 2.59. The molecule has 1 aromatic rings. The van der Waals surface area contributed by atoms with Crippen molar-refractivity contribution in [3.63, 3.8) is 0 Å². The molecule has 1 N–H and O–H groups in total. The van der Waals surface area contributed by atoms with Crippen LogP contribution >= 0.6 is 0 Å². The van der Waals surface area contributed by atoms with Gasteiger partial charge in [-0.15, -0.1) is 0 Å². The number of allylic oxidation sites excluding steroid dienone is 2.